The van der Waals surface area contributed by atoms with Crippen LogP contribution < -0.4 is 5.32 Å². The lowest BCUT2D eigenvalue weighted by molar-refractivity contribution is -0.385. The van der Waals surface area contributed by atoms with Crippen molar-refractivity contribution in [2.45, 2.75) is 19.9 Å². The van der Waals surface area contributed by atoms with E-state index in [1.54, 1.807) is 24.0 Å². The second-order valence-electron chi connectivity index (χ2n) is 6.29. The first-order valence-corrected chi connectivity index (χ1v) is 8.40. The Balaban J connectivity index is 1.81. The highest BCUT2D eigenvalue weighted by molar-refractivity contribution is 6.05. The minimum absolute atomic E-state index is 0.0955. The molecule has 2 aromatic rings. The van der Waals surface area contributed by atoms with Crippen molar-refractivity contribution in [2.24, 2.45) is 0 Å². The Bertz CT molecular complexity index is 926. The third kappa shape index (κ3) is 3.74. The molecular formula is C19H19N3O5. The maximum atomic E-state index is 12.6. The van der Waals surface area contributed by atoms with Crippen molar-refractivity contribution in [1.82, 2.24) is 4.90 Å². The number of nitrogens with one attached hydrogen (secondary N) is 1. The van der Waals surface area contributed by atoms with Crippen molar-refractivity contribution < 1.29 is 19.2 Å². The van der Waals surface area contributed by atoms with Crippen LogP contribution >= 0.6 is 0 Å². The first-order valence-electron chi connectivity index (χ1n) is 8.40. The highest BCUT2D eigenvalue weighted by Gasteiger charge is 2.22. The van der Waals surface area contributed by atoms with Crippen LogP contribution in [0.15, 0.2) is 36.4 Å². The summed E-state index contributed by atoms with van der Waals surface area (Å²) >= 11 is 0. The second kappa shape index (κ2) is 7.45. The summed E-state index contributed by atoms with van der Waals surface area (Å²) in [5, 5.41) is 13.8. The minimum atomic E-state index is -0.508. The molecule has 27 heavy (non-hydrogen) atoms. The molecule has 0 saturated carbocycles. The predicted octanol–water partition coefficient (Wildman–Crippen LogP) is 3.28. The number of ether oxygens (including phenoxy) is 1. The van der Waals surface area contributed by atoms with Gasteiger partial charge in [-0.25, -0.2) is 4.79 Å². The molecule has 0 aromatic heterocycles. The van der Waals surface area contributed by atoms with E-state index in [0.717, 1.165) is 11.1 Å². The zero-order valence-electron chi connectivity index (χ0n) is 15.0. The SMILES string of the molecule is COC(=O)N1CCc2ccc(NC(=O)c3cccc([N+](=O)[O-])c3C)cc2C1. The van der Waals surface area contributed by atoms with Crippen molar-refractivity contribution in [2.75, 3.05) is 19.0 Å². The molecule has 1 aliphatic heterocycles. The van der Waals surface area contributed by atoms with Gasteiger partial charge in [-0.3, -0.25) is 14.9 Å². The van der Waals surface area contributed by atoms with Gasteiger partial charge in [0.2, 0.25) is 0 Å². The van der Waals surface area contributed by atoms with Crippen molar-refractivity contribution >= 4 is 23.4 Å². The molecule has 0 saturated heterocycles. The largest absolute Gasteiger partial charge is 0.453 e. The van der Waals surface area contributed by atoms with Crippen LogP contribution in [0.3, 0.4) is 0 Å². The van der Waals surface area contributed by atoms with Gasteiger partial charge in [-0.1, -0.05) is 12.1 Å². The topological polar surface area (TPSA) is 102 Å². The van der Waals surface area contributed by atoms with Crippen LogP contribution in [0.25, 0.3) is 0 Å². The van der Waals surface area contributed by atoms with E-state index in [2.05, 4.69) is 5.32 Å². The Morgan fingerprint density at radius 3 is 2.70 bits per heavy atom. The van der Waals surface area contributed by atoms with E-state index in [-0.39, 0.29) is 17.3 Å². The third-order valence-electron chi connectivity index (χ3n) is 4.66. The predicted molar refractivity (Wildman–Crippen MR) is 98.7 cm³/mol. The third-order valence-corrected chi connectivity index (χ3v) is 4.66. The number of anilines is 1. The number of nitro benzene ring substituents is 1. The van der Waals surface area contributed by atoms with E-state index < -0.39 is 10.8 Å². The molecule has 0 atom stereocenters. The molecule has 1 heterocycles. The van der Waals surface area contributed by atoms with Crippen LogP contribution in [0.2, 0.25) is 0 Å². The molecule has 2 aromatic carbocycles. The molecule has 0 radical (unpaired) electrons. The summed E-state index contributed by atoms with van der Waals surface area (Å²) in [6.45, 7) is 2.54. The van der Waals surface area contributed by atoms with Crippen molar-refractivity contribution in [3.63, 3.8) is 0 Å². The summed E-state index contributed by atoms with van der Waals surface area (Å²) in [7, 11) is 1.34. The lowest BCUT2D eigenvalue weighted by Gasteiger charge is -2.28. The molecule has 3 rings (SSSR count). The highest BCUT2D eigenvalue weighted by atomic mass is 16.6. The zero-order chi connectivity index (χ0) is 19.6. The number of nitrogens with zero attached hydrogens (tertiary/aromatic N) is 2. The minimum Gasteiger partial charge on any atom is -0.453 e. The van der Waals surface area contributed by atoms with E-state index >= 15 is 0 Å². The Labute approximate surface area is 155 Å². The smallest absolute Gasteiger partial charge is 0.409 e. The molecule has 8 nitrogen and oxygen atoms in total. The molecule has 1 aliphatic rings. The van der Waals surface area contributed by atoms with E-state index in [4.69, 9.17) is 4.74 Å². The maximum Gasteiger partial charge on any atom is 0.409 e. The standard InChI is InChI=1S/C19H19N3O5/c1-12-16(4-3-5-17(12)22(25)26)18(23)20-15-7-6-13-8-9-21(19(24)27-2)11-14(13)10-15/h3-7,10H,8-9,11H2,1-2H3,(H,20,23). The molecule has 140 valence electrons. The second-order valence-corrected chi connectivity index (χ2v) is 6.29. The van der Waals surface area contributed by atoms with Gasteiger partial charge in [-0.15, -0.1) is 0 Å². The van der Waals surface area contributed by atoms with E-state index in [1.165, 1.54) is 19.2 Å². The molecule has 0 spiro atoms. The van der Waals surface area contributed by atoms with Crippen LogP contribution in [-0.2, 0) is 17.7 Å². The number of nitro groups is 1. The monoisotopic (exact) mass is 369 g/mol. The first-order chi connectivity index (χ1) is 12.9. The fourth-order valence-corrected chi connectivity index (χ4v) is 3.19. The van der Waals surface area contributed by atoms with Crippen molar-refractivity contribution in [3.05, 3.63) is 68.8 Å². The van der Waals surface area contributed by atoms with Gasteiger partial charge in [0.15, 0.2) is 0 Å². The Morgan fingerprint density at radius 2 is 2.00 bits per heavy atom. The van der Waals surface area contributed by atoms with Crippen LogP contribution in [0.4, 0.5) is 16.2 Å². The maximum absolute atomic E-state index is 12.6. The summed E-state index contributed by atoms with van der Waals surface area (Å²) in [5.74, 6) is -0.420. The fraction of sp³-hybridized carbons (Fsp3) is 0.263. The van der Waals surface area contributed by atoms with Gasteiger partial charge in [0, 0.05) is 36.0 Å². The Morgan fingerprint density at radius 1 is 1.22 bits per heavy atom. The van der Waals surface area contributed by atoms with E-state index in [9.17, 15) is 19.7 Å². The average Bonchev–Trinajstić information content (AvgIpc) is 2.66. The van der Waals surface area contributed by atoms with Gasteiger partial charge in [0.25, 0.3) is 11.6 Å². The Hall–Kier alpha value is -3.42. The summed E-state index contributed by atoms with van der Waals surface area (Å²) in [4.78, 5) is 36.5. The average molecular weight is 369 g/mol. The van der Waals surface area contributed by atoms with Gasteiger partial charge in [-0.2, -0.15) is 0 Å². The van der Waals surface area contributed by atoms with Crippen molar-refractivity contribution in [3.8, 4) is 0 Å². The zero-order valence-corrected chi connectivity index (χ0v) is 15.0. The van der Waals surface area contributed by atoms with Crippen LogP contribution in [-0.4, -0.2) is 35.5 Å². The van der Waals surface area contributed by atoms with Crippen LogP contribution in [0, 0.1) is 17.0 Å². The summed E-state index contributed by atoms with van der Waals surface area (Å²) in [6.07, 6.45) is 0.324. The Kier molecular flexibility index (Phi) is 5.07. The van der Waals surface area contributed by atoms with E-state index in [0.29, 0.717) is 30.8 Å². The van der Waals surface area contributed by atoms with Gasteiger partial charge >= 0.3 is 6.09 Å². The normalized spacial score (nSPS) is 12.9. The quantitative estimate of drug-likeness (QED) is 0.661. The van der Waals surface area contributed by atoms with Gasteiger partial charge in [-0.05, 0) is 42.7 Å². The first kappa shape index (κ1) is 18.4. The molecule has 1 N–H and O–H groups in total. The fourth-order valence-electron chi connectivity index (χ4n) is 3.19. The molecule has 0 fully saturated rings. The lowest BCUT2D eigenvalue weighted by Crippen LogP contribution is -2.35. The summed E-state index contributed by atoms with van der Waals surface area (Å²) in [6, 6.07) is 9.93. The number of amides is 2. The molecule has 8 heteroatoms. The molecular weight excluding hydrogens is 350 g/mol. The molecule has 2 amide bonds. The lowest BCUT2D eigenvalue weighted by atomic mass is 9.99. The summed E-state index contributed by atoms with van der Waals surface area (Å²) < 4.78 is 4.76. The van der Waals surface area contributed by atoms with Gasteiger partial charge in [0.05, 0.1) is 12.0 Å². The van der Waals surface area contributed by atoms with Gasteiger partial charge < -0.3 is 15.0 Å². The molecule has 0 aliphatic carbocycles. The molecule has 0 unspecified atom stereocenters. The highest BCUT2D eigenvalue weighted by Crippen LogP contribution is 2.25. The number of benzene rings is 2. The number of hydrogen-bond acceptors (Lipinski definition) is 5. The number of carbonyl (C=O) groups is 2. The van der Waals surface area contributed by atoms with Gasteiger partial charge in [0.1, 0.15) is 0 Å². The van der Waals surface area contributed by atoms with Crippen LogP contribution in [0.5, 0.6) is 0 Å². The van der Waals surface area contributed by atoms with Crippen molar-refractivity contribution in [1.29, 1.82) is 0 Å². The van der Waals surface area contributed by atoms with Crippen LogP contribution in [0.1, 0.15) is 27.0 Å². The number of hydrogen-bond donors (Lipinski definition) is 1. The van der Waals surface area contributed by atoms with E-state index in [1.807, 2.05) is 12.1 Å². The molecule has 0 bridgehead atoms. The number of methoxy groups -OCH3 is 1. The number of fused-ring (bicyclic) bond motifs is 1. The number of rotatable bonds is 3. The summed E-state index contributed by atoms with van der Waals surface area (Å²) in [5.41, 5.74) is 3.08. The number of carbonyl (C=O) groups excluding carboxylic acids is 2.